The minimum Gasteiger partial charge on any atom is -0.511 e. The lowest BCUT2D eigenvalue weighted by molar-refractivity contribution is -0.144. The Balaban J connectivity index is 1.92. The zero-order valence-electron chi connectivity index (χ0n) is 17.4. The molecule has 166 valence electrons. The van der Waals surface area contributed by atoms with Gasteiger partial charge in [0.1, 0.15) is 17.1 Å². The summed E-state index contributed by atoms with van der Waals surface area (Å²) in [6.07, 6.45) is -1.37. The van der Waals surface area contributed by atoms with Gasteiger partial charge in [-0.1, -0.05) is 12.1 Å². The van der Waals surface area contributed by atoms with E-state index in [1.807, 2.05) is 0 Å². The molecule has 0 aliphatic heterocycles. The Labute approximate surface area is 178 Å². The van der Waals surface area contributed by atoms with Crippen molar-refractivity contribution in [2.45, 2.75) is 31.1 Å². The minimum absolute atomic E-state index is 0.0686. The SMILES string of the molecule is CN(C)[C@@H]1C(=O)C(C(N)=O)=C(O)[C@H]2C(O)C3C(=O)c4c(O)cccc4[C@@](C)(O)C3CC21. The number of nitrogens with two attached hydrogens (primary N) is 1. The second-order valence-corrected chi connectivity index (χ2v) is 9.16. The van der Waals surface area contributed by atoms with Crippen molar-refractivity contribution in [3.05, 3.63) is 40.7 Å². The van der Waals surface area contributed by atoms with Gasteiger partial charge in [-0.2, -0.15) is 0 Å². The summed E-state index contributed by atoms with van der Waals surface area (Å²) in [6, 6.07) is 3.53. The molecular formula is C22H26N2O7. The Kier molecular flexibility index (Phi) is 4.77. The van der Waals surface area contributed by atoms with Gasteiger partial charge < -0.3 is 26.2 Å². The molecule has 1 aromatic rings. The third-order valence-corrected chi connectivity index (χ3v) is 7.31. The molecule has 3 aliphatic rings. The van der Waals surface area contributed by atoms with Gasteiger partial charge in [0.05, 0.1) is 29.2 Å². The maximum Gasteiger partial charge on any atom is 0.255 e. The molecule has 3 aliphatic carbocycles. The molecule has 9 nitrogen and oxygen atoms in total. The summed E-state index contributed by atoms with van der Waals surface area (Å²) >= 11 is 0. The average molecular weight is 430 g/mol. The molecule has 6 N–H and O–H groups in total. The lowest BCUT2D eigenvalue weighted by Crippen LogP contribution is -2.63. The molecule has 0 aromatic heterocycles. The maximum absolute atomic E-state index is 13.3. The van der Waals surface area contributed by atoms with E-state index in [9.17, 15) is 34.8 Å². The van der Waals surface area contributed by atoms with E-state index in [0.29, 0.717) is 0 Å². The summed E-state index contributed by atoms with van der Waals surface area (Å²) in [5.74, 6) is -6.93. The first-order valence-electron chi connectivity index (χ1n) is 10.1. The highest BCUT2D eigenvalue weighted by atomic mass is 16.3. The molecule has 0 heterocycles. The van der Waals surface area contributed by atoms with Crippen LogP contribution >= 0.6 is 0 Å². The van der Waals surface area contributed by atoms with Gasteiger partial charge in [0.25, 0.3) is 5.91 Å². The monoisotopic (exact) mass is 430 g/mol. The molecule has 1 fully saturated rings. The number of rotatable bonds is 2. The van der Waals surface area contributed by atoms with E-state index < -0.39 is 70.2 Å². The number of aromatic hydroxyl groups is 1. The van der Waals surface area contributed by atoms with Crippen molar-refractivity contribution in [3.63, 3.8) is 0 Å². The summed E-state index contributed by atoms with van der Waals surface area (Å²) in [5.41, 5.74) is 3.38. The van der Waals surface area contributed by atoms with Crippen molar-refractivity contribution >= 4 is 17.5 Å². The number of phenolic OH excluding ortho intramolecular Hbond substituents is 1. The summed E-state index contributed by atoms with van der Waals surface area (Å²) in [7, 11) is 3.27. The largest absolute Gasteiger partial charge is 0.511 e. The molecule has 1 saturated carbocycles. The molecular weight excluding hydrogens is 404 g/mol. The van der Waals surface area contributed by atoms with Crippen molar-refractivity contribution in [2.75, 3.05) is 14.1 Å². The van der Waals surface area contributed by atoms with Crippen molar-refractivity contribution < 1.29 is 34.8 Å². The molecule has 4 unspecified atom stereocenters. The molecule has 7 atom stereocenters. The zero-order valence-corrected chi connectivity index (χ0v) is 17.4. The molecule has 4 rings (SSSR count). The first kappa shape index (κ1) is 21.5. The summed E-state index contributed by atoms with van der Waals surface area (Å²) in [4.78, 5) is 39.9. The fraction of sp³-hybridized carbons (Fsp3) is 0.500. The average Bonchev–Trinajstić information content (AvgIpc) is 2.65. The highest BCUT2D eigenvalue weighted by Crippen LogP contribution is 2.56. The number of likely N-dealkylation sites (N-methyl/N-ethyl adjacent to an activating group) is 1. The number of amides is 1. The number of phenols is 1. The number of aliphatic hydroxyl groups is 3. The van der Waals surface area contributed by atoms with Crippen molar-refractivity contribution in [1.82, 2.24) is 4.90 Å². The number of fused-ring (bicyclic) bond motifs is 3. The summed E-state index contributed by atoms with van der Waals surface area (Å²) < 4.78 is 0. The van der Waals surface area contributed by atoms with Crippen LogP contribution in [0.4, 0.5) is 0 Å². The van der Waals surface area contributed by atoms with E-state index in [4.69, 9.17) is 5.73 Å². The fourth-order valence-electron chi connectivity index (χ4n) is 6.00. The highest BCUT2D eigenvalue weighted by molar-refractivity contribution is 6.21. The lowest BCUT2D eigenvalue weighted by atomic mass is 9.52. The van der Waals surface area contributed by atoms with Gasteiger partial charge in [-0.05, 0) is 45.0 Å². The molecule has 0 bridgehead atoms. The van der Waals surface area contributed by atoms with Gasteiger partial charge in [-0.25, -0.2) is 0 Å². The number of benzene rings is 1. The van der Waals surface area contributed by atoms with Gasteiger partial charge in [0, 0.05) is 11.8 Å². The Morgan fingerprint density at radius 3 is 2.39 bits per heavy atom. The molecule has 0 radical (unpaired) electrons. The predicted octanol–water partition coefficient (Wildman–Crippen LogP) is -0.164. The smallest absolute Gasteiger partial charge is 0.255 e. The van der Waals surface area contributed by atoms with Gasteiger partial charge in [-0.15, -0.1) is 0 Å². The molecule has 1 aromatic carbocycles. The van der Waals surface area contributed by atoms with Crippen LogP contribution in [0.5, 0.6) is 5.75 Å². The normalized spacial score (nSPS) is 37.4. The van der Waals surface area contributed by atoms with Crippen LogP contribution in [0.25, 0.3) is 0 Å². The molecule has 1 amide bonds. The third kappa shape index (κ3) is 2.77. The van der Waals surface area contributed by atoms with E-state index in [2.05, 4.69) is 0 Å². The van der Waals surface area contributed by atoms with Gasteiger partial charge in [-0.3, -0.25) is 19.3 Å². The first-order chi connectivity index (χ1) is 14.4. The minimum atomic E-state index is -1.58. The standard InChI is InChI=1S/C22H26N2O7/c1-22(31)9-5-4-6-11(25)13(9)19(28)14-10(22)7-8-12(17(14)26)18(27)15(21(23)30)20(29)16(8)24(2)3/h4-6,8,10,12,14,16-17,25-27,31H,7H2,1-3H3,(H2,23,30)/t8?,10?,12-,14?,16+,17?,22-/m1/s1. The van der Waals surface area contributed by atoms with Crippen molar-refractivity contribution in [2.24, 2.45) is 29.4 Å². The van der Waals surface area contributed by atoms with Gasteiger partial charge >= 0.3 is 0 Å². The first-order valence-corrected chi connectivity index (χ1v) is 10.1. The Bertz CT molecular complexity index is 1030. The van der Waals surface area contributed by atoms with Crippen LogP contribution in [-0.4, -0.2) is 69.0 Å². The quantitative estimate of drug-likeness (QED) is 0.404. The van der Waals surface area contributed by atoms with Crippen LogP contribution in [0, 0.1) is 23.7 Å². The second-order valence-electron chi connectivity index (χ2n) is 9.16. The van der Waals surface area contributed by atoms with Crippen LogP contribution in [0.3, 0.4) is 0 Å². The number of hydrogen-bond acceptors (Lipinski definition) is 8. The van der Waals surface area contributed by atoms with E-state index in [-0.39, 0.29) is 23.3 Å². The van der Waals surface area contributed by atoms with E-state index in [1.165, 1.54) is 19.1 Å². The van der Waals surface area contributed by atoms with E-state index in [1.54, 1.807) is 25.1 Å². The zero-order chi connectivity index (χ0) is 23.0. The Morgan fingerprint density at radius 2 is 1.81 bits per heavy atom. The number of carbonyl (C=O) groups is 3. The number of Topliss-reactive ketones (excluding diaryl/α,β-unsaturated/α-hetero) is 2. The number of ketones is 2. The molecule has 31 heavy (non-hydrogen) atoms. The molecule has 9 heteroatoms. The van der Waals surface area contributed by atoms with Gasteiger partial charge in [0.2, 0.25) is 0 Å². The fourth-order valence-corrected chi connectivity index (χ4v) is 6.00. The number of primary amides is 1. The van der Waals surface area contributed by atoms with Crippen LogP contribution in [-0.2, 0) is 15.2 Å². The van der Waals surface area contributed by atoms with E-state index in [0.717, 1.165) is 0 Å². The lowest BCUT2D eigenvalue weighted by Gasteiger charge is -2.54. The van der Waals surface area contributed by atoms with Crippen LogP contribution < -0.4 is 5.73 Å². The van der Waals surface area contributed by atoms with Crippen LogP contribution in [0.1, 0.15) is 29.3 Å². The topological polar surface area (TPSA) is 161 Å². The number of aliphatic hydroxyl groups excluding tert-OH is 2. The predicted molar refractivity (Wildman–Crippen MR) is 108 cm³/mol. The highest BCUT2D eigenvalue weighted by Gasteiger charge is 2.62. The van der Waals surface area contributed by atoms with Crippen LogP contribution in [0.15, 0.2) is 29.5 Å². The van der Waals surface area contributed by atoms with Gasteiger partial charge in [0.15, 0.2) is 11.6 Å². The van der Waals surface area contributed by atoms with Crippen LogP contribution in [0.2, 0.25) is 0 Å². The van der Waals surface area contributed by atoms with Crippen molar-refractivity contribution in [3.8, 4) is 5.75 Å². The maximum atomic E-state index is 13.3. The summed E-state index contributed by atoms with van der Waals surface area (Å²) in [5, 5.41) is 43.8. The molecule has 0 saturated heterocycles. The number of hydrogen-bond donors (Lipinski definition) is 5. The third-order valence-electron chi connectivity index (χ3n) is 7.31. The molecule has 0 spiro atoms. The van der Waals surface area contributed by atoms with Crippen molar-refractivity contribution in [1.29, 1.82) is 0 Å². The second kappa shape index (κ2) is 6.88. The Morgan fingerprint density at radius 1 is 1.16 bits per heavy atom. The summed E-state index contributed by atoms with van der Waals surface area (Å²) in [6.45, 7) is 1.52. The number of carbonyl (C=O) groups excluding carboxylic acids is 3. The number of nitrogens with zero attached hydrogens (tertiary/aromatic N) is 1. The van der Waals surface area contributed by atoms with E-state index >= 15 is 0 Å². The Hall–Kier alpha value is -2.75.